The first-order chi connectivity index (χ1) is 19.1. The third-order valence-corrected chi connectivity index (χ3v) is 8.63. The number of aryl methyl sites for hydroxylation is 1. The first-order valence-electron chi connectivity index (χ1n) is 12.8. The van der Waals surface area contributed by atoms with E-state index in [2.05, 4.69) is 49.3 Å². The highest BCUT2D eigenvalue weighted by atomic mass is 32.1. The average molecular weight is 532 g/mol. The molecule has 9 nitrogen and oxygen atoms in total. The van der Waals surface area contributed by atoms with Crippen molar-refractivity contribution in [3.8, 4) is 27.9 Å². The molecule has 39 heavy (non-hydrogen) atoms. The van der Waals surface area contributed by atoms with Crippen LogP contribution >= 0.6 is 11.3 Å². The van der Waals surface area contributed by atoms with E-state index in [1.54, 1.807) is 36.0 Å². The number of fused-ring (bicyclic) bond motifs is 3. The summed E-state index contributed by atoms with van der Waals surface area (Å²) in [6.07, 6.45) is 8.16. The lowest BCUT2D eigenvalue weighted by Crippen LogP contribution is -2.44. The minimum absolute atomic E-state index is 0.429. The lowest BCUT2D eigenvalue weighted by atomic mass is 10.0. The third kappa shape index (κ3) is 4.26. The fourth-order valence-electron chi connectivity index (χ4n) is 5.60. The molecule has 0 aromatic carbocycles. The predicted octanol–water partition coefficient (Wildman–Crippen LogP) is 5.03. The Balaban J connectivity index is 1.26. The molecule has 5 aromatic rings. The highest BCUT2D eigenvalue weighted by molar-refractivity contribution is 7.21. The van der Waals surface area contributed by atoms with Gasteiger partial charge in [0.2, 0.25) is 0 Å². The standard InChI is InChI=1S/C29H25N9S/c1-17-4-3-6-32-28(17)29-34-23-11-25(33-14-24(23)39-29)35-26-8-19(22-13-31-7-5-18(22)12-30)9-27(36-26)38-16-20-10-21(38)15-37(20)2/h3-9,11,13-14,20-21H,10,15-16H2,1-2H3,(H,33,35,36)/t20-,21-/m0/s1. The highest BCUT2D eigenvalue weighted by Gasteiger charge is 2.42. The van der Waals surface area contributed by atoms with Crippen molar-refractivity contribution in [1.82, 2.24) is 29.8 Å². The fraction of sp³-hybridized carbons (Fsp3) is 0.241. The van der Waals surface area contributed by atoms with E-state index in [1.165, 1.54) is 0 Å². The number of pyridine rings is 4. The summed E-state index contributed by atoms with van der Waals surface area (Å²) in [4.78, 5) is 28.1. The van der Waals surface area contributed by atoms with Gasteiger partial charge in [0.05, 0.1) is 21.8 Å². The van der Waals surface area contributed by atoms with E-state index in [-0.39, 0.29) is 0 Å². The number of likely N-dealkylation sites (N-methyl/N-ethyl adjacent to an activating group) is 1. The summed E-state index contributed by atoms with van der Waals surface area (Å²) in [5.74, 6) is 2.21. The van der Waals surface area contributed by atoms with Crippen LogP contribution < -0.4 is 10.2 Å². The van der Waals surface area contributed by atoms with Crippen LogP contribution in [0.15, 0.2) is 61.2 Å². The van der Waals surface area contributed by atoms with Gasteiger partial charge < -0.3 is 10.2 Å². The van der Waals surface area contributed by atoms with Crippen molar-refractivity contribution in [2.45, 2.75) is 25.4 Å². The van der Waals surface area contributed by atoms with E-state index < -0.39 is 0 Å². The van der Waals surface area contributed by atoms with Gasteiger partial charge in [-0.15, -0.1) is 11.3 Å². The number of aromatic nitrogens is 5. The van der Waals surface area contributed by atoms with E-state index in [4.69, 9.17) is 9.97 Å². The molecule has 0 spiro atoms. The topological polar surface area (TPSA) is 107 Å². The van der Waals surface area contributed by atoms with Crippen molar-refractivity contribution in [2.75, 3.05) is 30.4 Å². The maximum atomic E-state index is 9.74. The monoisotopic (exact) mass is 531 g/mol. The Morgan fingerprint density at radius 2 is 1.95 bits per heavy atom. The lowest BCUT2D eigenvalue weighted by Gasteiger charge is -2.33. The molecule has 7 heterocycles. The Morgan fingerprint density at radius 1 is 1.03 bits per heavy atom. The minimum atomic E-state index is 0.429. The Hall–Kier alpha value is -4.46. The molecule has 2 aliphatic rings. The molecule has 2 fully saturated rings. The number of rotatable bonds is 5. The Kier molecular flexibility index (Phi) is 5.68. The molecule has 0 unspecified atom stereocenters. The Bertz CT molecular complexity index is 1760. The molecule has 0 radical (unpaired) electrons. The molecule has 2 aliphatic heterocycles. The van der Waals surface area contributed by atoms with Gasteiger partial charge in [0.15, 0.2) is 0 Å². The molecule has 192 valence electrons. The zero-order chi connectivity index (χ0) is 26.5. The second-order valence-electron chi connectivity index (χ2n) is 10.1. The summed E-state index contributed by atoms with van der Waals surface area (Å²) < 4.78 is 0.995. The number of nitrogens with one attached hydrogen (secondary N) is 1. The largest absolute Gasteiger partial charge is 0.351 e. The number of piperazine rings is 1. The molecule has 2 atom stereocenters. The number of hydrogen-bond acceptors (Lipinski definition) is 10. The van der Waals surface area contributed by atoms with Crippen LogP contribution in [0.2, 0.25) is 0 Å². The summed E-state index contributed by atoms with van der Waals surface area (Å²) in [7, 11) is 2.19. The van der Waals surface area contributed by atoms with E-state index in [9.17, 15) is 5.26 Å². The van der Waals surface area contributed by atoms with Crippen molar-refractivity contribution in [1.29, 1.82) is 5.26 Å². The maximum absolute atomic E-state index is 9.74. The van der Waals surface area contributed by atoms with Crippen molar-refractivity contribution < 1.29 is 0 Å². The molecule has 2 saturated heterocycles. The van der Waals surface area contributed by atoms with Crippen LogP contribution in [-0.4, -0.2) is 62.0 Å². The number of nitriles is 1. The molecule has 7 rings (SSSR count). The van der Waals surface area contributed by atoms with Gasteiger partial charge >= 0.3 is 0 Å². The van der Waals surface area contributed by atoms with E-state index in [0.717, 1.165) is 62.9 Å². The molecule has 10 heteroatoms. The lowest BCUT2D eigenvalue weighted by molar-refractivity contribution is 0.292. The predicted molar refractivity (Wildman–Crippen MR) is 153 cm³/mol. The smallest absolute Gasteiger partial charge is 0.143 e. The van der Waals surface area contributed by atoms with Gasteiger partial charge in [-0.2, -0.15) is 5.26 Å². The van der Waals surface area contributed by atoms with Gasteiger partial charge in [0.25, 0.3) is 0 Å². The summed E-state index contributed by atoms with van der Waals surface area (Å²) in [5, 5.41) is 14.0. The Labute approximate surface area is 229 Å². The molecular formula is C29H25N9S. The zero-order valence-corrected chi connectivity index (χ0v) is 22.4. The van der Waals surface area contributed by atoms with Crippen LogP contribution in [0.5, 0.6) is 0 Å². The van der Waals surface area contributed by atoms with Gasteiger partial charge in [-0.1, -0.05) is 6.07 Å². The van der Waals surface area contributed by atoms with Crippen molar-refractivity contribution >= 4 is 39.0 Å². The maximum Gasteiger partial charge on any atom is 0.143 e. The summed E-state index contributed by atoms with van der Waals surface area (Å²) in [5.41, 5.74) is 5.09. The number of likely N-dealkylation sites (tertiary alicyclic amines) is 1. The van der Waals surface area contributed by atoms with E-state index in [1.807, 2.05) is 37.4 Å². The molecule has 2 bridgehead atoms. The molecule has 0 saturated carbocycles. The van der Waals surface area contributed by atoms with Gasteiger partial charge in [-0.3, -0.25) is 14.9 Å². The van der Waals surface area contributed by atoms with Gasteiger partial charge in [0.1, 0.15) is 28.2 Å². The summed E-state index contributed by atoms with van der Waals surface area (Å²) in [6, 6.07) is 15.0. The second kappa shape index (κ2) is 9.38. The zero-order valence-electron chi connectivity index (χ0n) is 21.5. The minimum Gasteiger partial charge on any atom is -0.351 e. The molecule has 5 aromatic heterocycles. The van der Waals surface area contributed by atoms with Gasteiger partial charge in [-0.25, -0.2) is 15.0 Å². The summed E-state index contributed by atoms with van der Waals surface area (Å²) in [6.45, 7) is 4.00. The van der Waals surface area contributed by atoms with Crippen LogP contribution in [0.4, 0.5) is 17.5 Å². The highest BCUT2D eigenvalue weighted by Crippen LogP contribution is 2.37. The fourth-order valence-corrected chi connectivity index (χ4v) is 6.57. The average Bonchev–Trinajstić information content (AvgIpc) is 3.67. The number of thiazole rings is 1. The van der Waals surface area contributed by atoms with Gasteiger partial charge in [-0.05, 0) is 55.8 Å². The van der Waals surface area contributed by atoms with E-state index in [0.29, 0.717) is 29.3 Å². The SMILES string of the molecule is Cc1cccnc1-c1nc2cc(Nc3cc(-c4cnccc4C#N)cc(N4C[C@@H]5C[C@H]4CN5C)n3)ncc2s1. The molecular weight excluding hydrogens is 506 g/mol. The van der Waals surface area contributed by atoms with Crippen LogP contribution in [0.1, 0.15) is 17.5 Å². The molecule has 1 N–H and O–H groups in total. The normalized spacial score (nSPS) is 18.5. The van der Waals surface area contributed by atoms with Crippen molar-refractivity contribution in [3.05, 3.63) is 72.3 Å². The number of hydrogen-bond donors (Lipinski definition) is 1. The van der Waals surface area contributed by atoms with Crippen LogP contribution in [0.3, 0.4) is 0 Å². The Morgan fingerprint density at radius 3 is 2.74 bits per heavy atom. The van der Waals surface area contributed by atoms with E-state index >= 15 is 0 Å². The van der Waals surface area contributed by atoms with Crippen molar-refractivity contribution in [2.24, 2.45) is 0 Å². The van der Waals surface area contributed by atoms with Crippen LogP contribution in [0, 0.1) is 18.3 Å². The quantitative estimate of drug-likeness (QED) is 0.334. The number of anilines is 3. The summed E-state index contributed by atoms with van der Waals surface area (Å²) >= 11 is 1.58. The van der Waals surface area contributed by atoms with Crippen LogP contribution in [0.25, 0.3) is 32.0 Å². The first-order valence-corrected chi connectivity index (χ1v) is 13.7. The number of nitrogens with zero attached hydrogens (tertiary/aromatic N) is 8. The second-order valence-corrected chi connectivity index (χ2v) is 11.1. The molecule has 0 amide bonds. The van der Waals surface area contributed by atoms with Crippen molar-refractivity contribution in [3.63, 3.8) is 0 Å². The first kappa shape index (κ1) is 23.6. The molecule has 0 aliphatic carbocycles. The van der Waals surface area contributed by atoms with Gasteiger partial charge in [0, 0.05) is 61.6 Å². The van der Waals surface area contributed by atoms with Crippen LogP contribution in [-0.2, 0) is 0 Å². The third-order valence-electron chi connectivity index (χ3n) is 7.62.